The van der Waals surface area contributed by atoms with Crippen molar-refractivity contribution in [3.63, 3.8) is 0 Å². The molecule has 0 saturated carbocycles. The van der Waals surface area contributed by atoms with Crippen molar-refractivity contribution in [1.82, 2.24) is 10.2 Å². The number of nitrogens with zero attached hydrogens (tertiary/aromatic N) is 1. The molecule has 4 rings (SSSR count). The lowest BCUT2D eigenvalue weighted by atomic mass is 9.89. The van der Waals surface area contributed by atoms with Gasteiger partial charge in [0.25, 0.3) is 5.91 Å². The summed E-state index contributed by atoms with van der Waals surface area (Å²) in [6.07, 6.45) is 3.01. The first-order valence-corrected chi connectivity index (χ1v) is 9.41. The first kappa shape index (κ1) is 16.4. The fourth-order valence-corrected chi connectivity index (χ4v) is 4.28. The van der Waals surface area contributed by atoms with Gasteiger partial charge in [0, 0.05) is 18.5 Å². The Morgan fingerprint density at radius 2 is 2.28 bits per heavy atom. The summed E-state index contributed by atoms with van der Waals surface area (Å²) in [4.78, 5) is 27.3. The first-order valence-electron chi connectivity index (χ1n) is 8.47. The van der Waals surface area contributed by atoms with E-state index in [-0.39, 0.29) is 29.9 Å². The summed E-state index contributed by atoms with van der Waals surface area (Å²) in [5, 5.41) is 6.66. The van der Waals surface area contributed by atoms with Crippen LogP contribution in [0.4, 0.5) is 0 Å². The van der Waals surface area contributed by atoms with Gasteiger partial charge in [-0.15, -0.1) is 0 Å². The third-order valence-electron chi connectivity index (χ3n) is 4.93. The number of carbonyl (C=O) groups excluding carboxylic acids is 2. The number of fused-ring (bicyclic) bond motifs is 1. The van der Waals surface area contributed by atoms with Crippen molar-refractivity contribution in [2.24, 2.45) is 5.92 Å². The average molecular weight is 360 g/mol. The molecule has 4 heterocycles. The second kappa shape index (κ2) is 7.01. The minimum atomic E-state index is -0.267. The van der Waals surface area contributed by atoms with Gasteiger partial charge < -0.3 is 19.4 Å². The zero-order valence-corrected chi connectivity index (χ0v) is 14.5. The Labute approximate surface area is 149 Å². The van der Waals surface area contributed by atoms with Gasteiger partial charge in [-0.2, -0.15) is 11.3 Å². The summed E-state index contributed by atoms with van der Waals surface area (Å²) in [5.41, 5.74) is 0.687. The molecule has 25 heavy (non-hydrogen) atoms. The van der Waals surface area contributed by atoms with Crippen LogP contribution in [0.3, 0.4) is 0 Å². The molecule has 2 aliphatic rings. The second-order valence-electron chi connectivity index (χ2n) is 6.46. The van der Waals surface area contributed by atoms with E-state index in [2.05, 4.69) is 5.32 Å². The van der Waals surface area contributed by atoms with Crippen LogP contribution in [-0.2, 0) is 16.1 Å². The second-order valence-corrected chi connectivity index (χ2v) is 7.24. The van der Waals surface area contributed by atoms with E-state index < -0.39 is 0 Å². The average Bonchev–Trinajstić information content (AvgIpc) is 3.40. The van der Waals surface area contributed by atoms with Crippen molar-refractivity contribution in [2.75, 3.05) is 13.2 Å². The fraction of sp³-hybridized carbons (Fsp3) is 0.444. The Kier molecular flexibility index (Phi) is 4.59. The Bertz CT molecular complexity index is 728. The largest absolute Gasteiger partial charge is 0.467 e. The quantitative estimate of drug-likeness (QED) is 0.908. The van der Waals surface area contributed by atoms with E-state index >= 15 is 0 Å². The molecule has 0 bridgehead atoms. The zero-order chi connectivity index (χ0) is 17.2. The van der Waals surface area contributed by atoms with Crippen LogP contribution < -0.4 is 5.32 Å². The third kappa shape index (κ3) is 3.34. The molecule has 2 aromatic heterocycles. The maximum atomic E-state index is 12.8. The van der Waals surface area contributed by atoms with E-state index in [1.807, 2.05) is 27.8 Å². The van der Waals surface area contributed by atoms with Crippen LogP contribution in [0.15, 0.2) is 39.6 Å². The summed E-state index contributed by atoms with van der Waals surface area (Å²) in [6, 6.07) is 5.52. The lowest BCUT2D eigenvalue weighted by Gasteiger charge is -2.40. The molecule has 2 aliphatic heterocycles. The normalized spacial score (nSPS) is 25.6. The highest BCUT2D eigenvalue weighted by atomic mass is 32.1. The van der Waals surface area contributed by atoms with E-state index in [0.717, 1.165) is 6.42 Å². The Balaban J connectivity index is 1.46. The molecule has 7 heteroatoms. The molecule has 2 fully saturated rings. The zero-order valence-electron chi connectivity index (χ0n) is 13.7. The monoisotopic (exact) mass is 360 g/mol. The SMILES string of the molecule is O=C(NCc1ccco1)[C@@H]1C[C@@H]2OCC[C@@H]2N(C(=O)c2ccsc2)C1. The maximum Gasteiger partial charge on any atom is 0.255 e. The molecule has 132 valence electrons. The van der Waals surface area contributed by atoms with Gasteiger partial charge >= 0.3 is 0 Å². The number of piperidine rings is 1. The van der Waals surface area contributed by atoms with Gasteiger partial charge in [0.05, 0.1) is 36.4 Å². The van der Waals surface area contributed by atoms with Crippen molar-refractivity contribution < 1.29 is 18.7 Å². The Hall–Kier alpha value is -2.12. The van der Waals surface area contributed by atoms with E-state index in [1.54, 1.807) is 12.3 Å². The van der Waals surface area contributed by atoms with Crippen LogP contribution in [0.1, 0.15) is 29.0 Å². The molecule has 6 nitrogen and oxygen atoms in total. The molecule has 2 saturated heterocycles. The predicted octanol–water partition coefficient (Wildman–Crippen LogP) is 2.28. The summed E-state index contributed by atoms with van der Waals surface area (Å²) < 4.78 is 11.0. The van der Waals surface area contributed by atoms with Crippen molar-refractivity contribution in [1.29, 1.82) is 0 Å². The standard InChI is InChI=1S/C18H20N2O4S/c21-17(19-9-14-2-1-5-23-14)13-8-16-15(3-6-24-16)20(10-13)18(22)12-4-7-25-11-12/h1-2,4-5,7,11,13,15-16H,3,6,8-10H2,(H,19,21)/t13-,15+,16+/m1/s1. The van der Waals surface area contributed by atoms with Crippen molar-refractivity contribution in [3.8, 4) is 0 Å². The van der Waals surface area contributed by atoms with Crippen molar-refractivity contribution in [3.05, 3.63) is 46.5 Å². The first-order chi connectivity index (χ1) is 12.2. The highest BCUT2D eigenvalue weighted by molar-refractivity contribution is 7.08. The van der Waals surface area contributed by atoms with Crippen LogP contribution in [0.2, 0.25) is 0 Å². The number of ether oxygens (including phenoxy) is 1. The molecule has 0 spiro atoms. The summed E-state index contributed by atoms with van der Waals surface area (Å²) in [5.74, 6) is 0.376. The van der Waals surface area contributed by atoms with Gasteiger partial charge in [0.2, 0.25) is 5.91 Å². The van der Waals surface area contributed by atoms with E-state index in [1.165, 1.54) is 11.3 Å². The van der Waals surface area contributed by atoms with Crippen LogP contribution in [0.25, 0.3) is 0 Å². The van der Waals surface area contributed by atoms with Crippen LogP contribution in [0.5, 0.6) is 0 Å². The molecular weight excluding hydrogens is 340 g/mol. The van der Waals surface area contributed by atoms with E-state index in [9.17, 15) is 9.59 Å². The molecule has 0 radical (unpaired) electrons. The van der Waals surface area contributed by atoms with Crippen LogP contribution >= 0.6 is 11.3 Å². The van der Waals surface area contributed by atoms with Gasteiger partial charge in [0.15, 0.2) is 0 Å². The maximum absolute atomic E-state index is 12.8. The number of carbonyl (C=O) groups is 2. The molecule has 2 aromatic rings. The number of hydrogen-bond donors (Lipinski definition) is 1. The lowest BCUT2D eigenvalue weighted by molar-refractivity contribution is -0.129. The molecule has 2 amide bonds. The smallest absolute Gasteiger partial charge is 0.255 e. The highest BCUT2D eigenvalue weighted by Gasteiger charge is 2.44. The fourth-order valence-electron chi connectivity index (χ4n) is 3.65. The minimum absolute atomic E-state index is 0.00900. The van der Waals surface area contributed by atoms with Crippen LogP contribution in [0, 0.1) is 5.92 Å². The van der Waals surface area contributed by atoms with Gasteiger partial charge in [-0.25, -0.2) is 0 Å². The number of nitrogens with one attached hydrogen (secondary N) is 1. The summed E-state index contributed by atoms with van der Waals surface area (Å²) in [6.45, 7) is 1.43. The van der Waals surface area contributed by atoms with E-state index in [0.29, 0.717) is 37.4 Å². The summed E-state index contributed by atoms with van der Waals surface area (Å²) >= 11 is 1.50. The van der Waals surface area contributed by atoms with E-state index in [4.69, 9.17) is 9.15 Å². The number of hydrogen-bond acceptors (Lipinski definition) is 5. The molecular formula is C18H20N2O4S. The topological polar surface area (TPSA) is 71.8 Å². The summed E-state index contributed by atoms with van der Waals surface area (Å²) in [7, 11) is 0. The van der Waals surface area contributed by atoms with Crippen LogP contribution in [-0.4, -0.2) is 42.0 Å². The number of likely N-dealkylation sites (tertiary alicyclic amines) is 1. The molecule has 0 aromatic carbocycles. The lowest BCUT2D eigenvalue weighted by Crippen LogP contribution is -2.54. The number of thiophene rings is 1. The number of furan rings is 1. The van der Waals surface area contributed by atoms with Crippen molar-refractivity contribution >= 4 is 23.2 Å². The van der Waals surface area contributed by atoms with Gasteiger partial charge in [-0.05, 0) is 36.4 Å². The van der Waals surface area contributed by atoms with Gasteiger partial charge in [-0.3, -0.25) is 9.59 Å². The Morgan fingerprint density at radius 3 is 3.04 bits per heavy atom. The minimum Gasteiger partial charge on any atom is -0.467 e. The third-order valence-corrected chi connectivity index (χ3v) is 5.61. The predicted molar refractivity (Wildman–Crippen MR) is 92.2 cm³/mol. The molecule has 0 unspecified atom stereocenters. The number of rotatable bonds is 4. The molecule has 0 aliphatic carbocycles. The van der Waals surface area contributed by atoms with Gasteiger partial charge in [0.1, 0.15) is 5.76 Å². The highest BCUT2D eigenvalue weighted by Crippen LogP contribution is 2.32. The molecule has 3 atom stereocenters. The molecule has 1 N–H and O–H groups in total. The number of amides is 2. The Morgan fingerprint density at radius 1 is 1.36 bits per heavy atom. The van der Waals surface area contributed by atoms with Crippen molar-refractivity contribution in [2.45, 2.75) is 31.5 Å². The van der Waals surface area contributed by atoms with Gasteiger partial charge in [-0.1, -0.05) is 0 Å².